The molecule has 2 heterocycles. The Bertz CT molecular complexity index is 473. The van der Waals surface area contributed by atoms with E-state index >= 15 is 0 Å². The molecular formula is C10H10N2O4. The van der Waals surface area contributed by atoms with E-state index in [4.69, 9.17) is 13.9 Å². The number of aliphatic hydroxyl groups excluding tert-OH is 1. The number of furan rings is 1. The van der Waals surface area contributed by atoms with Crippen LogP contribution in [-0.2, 0) is 0 Å². The van der Waals surface area contributed by atoms with Gasteiger partial charge in [-0.1, -0.05) is 0 Å². The van der Waals surface area contributed by atoms with E-state index in [0.717, 1.165) is 0 Å². The first kappa shape index (κ1) is 10.4. The van der Waals surface area contributed by atoms with Gasteiger partial charge in [-0.15, -0.1) is 0 Å². The summed E-state index contributed by atoms with van der Waals surface area (Å²) in [7, 11) is 0. The minimum Gasteiger partial charge on any atom is -0.479 e. The van der Waals surface area contributed by atoms with Gasteiger partial charge in [0.05, 0.1) is 25.6 Å². The molecule has 0 bridgehead atoms. The molecule has 0 saturated heterocycles. The molecule has 0 amide bonds. The van der Waals surface area contributed by atoms with Crippen molar-refractivity contribution in [2.45, 2.75) is 0 Å². The highest BCUT2D eigenvalue weighted by atomic mass is 16.5. The quantitative estimate of drug-likeness (QED) is 0.754. The zero-order valence-corrected chi connectivity index (χ0v) is 8.33. The molecule has 2 aromatic heterocycles. The summed E-state index contributed by atoms with van der Waals surface area (Å²) in [6, 6.07) is 3.36. The van der Waals surface area contributed by atoms with Gasteiger partial charge in [0.25, 0.3) is 5.89 Å². The summed E-state index contributed by atoms with van der Waals surface area (Å²) in [6.07, 6.45) is 2.82. The number of hydrogen-bond acceptors (Lipinski definition) is 6. The van der Waals surface area contributed by atoms with Crippen LogP contribution in [0.1, 0.15) is 5.69 Å². The second-order valence-corrected chi connectivity index (χ2v) is 2.95. The summed E-state index contributed by atoms with van der Waals surface area (Å²) < 4.78 is 10.0. The van der Waals surface area contributed by atoms with Crippen LogP contribution >= 0.6 is 0 Å². The van der Waals surface area contributed by atoms with Gasteiger partial charge in [0.1, 0.15) is 0 Å². The zero-order chi connectivity index (χ0) is 11.4. The molecule has 84 valence electrons. The van der Waals surface area contributed by atoms with E-state index < -0.39 is 0 Å². The number of rotatable bonds is 4. The molecule has 0 radical (unpaired) electrons. The van der Waals surface area contributed by atoms with Gasteiger partial charge < -0.3 is 19.0 Å². The molecule has 2 rings (SSSR count). The van der Waals surface area contributed by atoms with Crippen LogP contribution in [0.2, 0.25) is 0 Å². The molecule has 0 aliphatic heterocycles. The van der Waals surface area contributed by atoms with E-state index in [-0.39, 0.29) is 30.7 Å². The van der Waals surface area contributed by atoms with Crippen molar-refractivity contribution in [3.8, 4) is 17.6 Å². The second-order valence-electron chi connectivity index (χ2n) is 2.95. The Kier molecular flexibility index (Phi) is 3.02. The lowest BCUT2D eigenvalue weighted by Gasteiger charge is -1.84. The monoisotopic (exact) mass is 222 g/mol. The van der Waals surface area contributed by atoms with Crippen molar-refractivity contribution < 1.29 is 19.0 Å². The Morgan fingerprint density at radius 2 is 2.38 bits per heavy atom. The van der Waals surface area contributed by atoms with Crippen molar-refractivity contribution in [3.05, 3.63) is 24.1 Å². The molecule has 0 aliphatic rings. The fourth-order valence-electron chi connectivity index (χ4n) is 1.12. The molecular weight excluding hydrogens is 212 g/mol. The normalized spacial score (nSPS) is 11.3. The molecule has 0 fully saturated rings. The fourth-order valence-corrected chi connectivity index (χ4v) is 1.12. The first-order valence-corrected chi connectivity index (χ1v) is 4.65. The first-order chi connectivity index (χ1) is 7.81. The smallest absolute Gasteiger partial charge is 0.312 e. The maximum absolute atomic E-state index is 9.40. The summed E-state index contributed by atoms with van der Waals surface area (Å²) in [4.78, 5) is 7.81. The van der Waals surface area contributed by atoms with Crippen LogP contribution < -0.4 is 0 Å². The third kappa shape index (κ3) is 2.12. The summed E-state index contributed by atoms with van der Waals surface area (Å²) in [5.74, 6) is 0.290. The summed E-state index contributed by atoms with van der Waals surface area (Å²) in [5.41, 5.74) is 0.208. The Balaban J connectivity index is 2.22. The largest absolute Gasteiger partial charge is 0.479 e. The van der Waals surface area contributed by atoms with Crippen LogP contribution in [0.25, 0.3) is 11.7 Å². The van der Waals surface area contributed by atoms with Crippen molar-refractivity contribution in [3.63, 3.8) is 0 Å². The summed E-state index contributed by atoms with van der Waals surface area (Å²) in [6.45, 7) is 0.197. The van der Waals surface area contributed by atoms with E-state index in [9.17, 15) is 5.11 Å². The highest BCUT2D eigenvalue weighted by Crippen LogP contribution is 2.25. The number of hydrogen-bond donors (Lipinski definition) is 2. The molecule has 6 heteroatoms. The van der Waals surface area contributed by atoms with Gasteiger partial charge in [-0.3, -0.25) is 4.99 Å². The van der Waals surface area contributed by atoms with Gasteiger partial charge >= 0.3 is 5.95 Å². The van der Waals surface area contributed by atoms with Gasteiger partial charge in [-0.05, 0) is 12.1 Å². The van der Waals surface area contributed by atoms with Gasteiger partial charge in [0.2, 0.25) is 0 Å². The fraction of sp³-hybridized carbons (Fsp3) is 0.200. The topological polar surface area (TPSA) is 92.0 Å². The molecule has 0 spiro atoms. The van der Waals surface area contributed by atoms with Gasteiger partial charge in [-0.25, -0.2) is 4.98 Å². The SMILES string of the molecule is OCCN=Cc1nc(-c2ccco2)oc1O. The minimum absolute atomic E-state index is 0.0554. The molecule has 0 unspecified atom stereocenters. The number of aliphatic imine (C=N–C) groups is 1. The Labute approximate surface area is 90.9 Å². The molecule has 0 aromatic carbocycles. The molecule has 0 atom stereocenters. The molecule has 16 heavy (non-hydrogen) atoms. The van der Waals surface area contributed by atoms with Crippen LogP contribution in [0.5, 0.6) is 5.95 Å². The van der Waals surface area contributed by atoms with Crippen molar-refractivity contribution in [2.75, 3.05) is 13.2 Å². The van der Waals surface area contributed by atoms with Crippen LogP contribution in [0.3, 0.4) is 0 Å². The van der Waals surface area contributed by atoms with Crippen LogP contribution in [-0.4, -0.2) is 34.6 Å². The first-order valence-electron chi connectivity index (χ1n) is 4.65. The molecule has 0 saturated carbocycles. The van der Waals surface area contributed by atoms with Crippen LogP contribution in [0.4, 0.5) is 0 Å². The predicted molar refractivity (Wildman–Crippen MR) is 55.4 cm³/mol. The average molecular weight is 222 g/mol. The van der Waals surface area contributed by atoms with E-state index in [2.05, 4.69) is 9.98 Å². The number of oxazole rings is 1. The van der Waals surface area contributed by atoms with E-state index in [1.165, 1.54) is 12.5 Å². The van der Waals surface area contributed by atoms with Crippen LogP contribution in [0, 0.1) is 0 Å². The molecule has 2 aromatic rings. The standard InChI is InChI=1S/C10H10N2O4/c13-4-3-11-6-7-10(14)16-9(12-7)8-2-1-5-15-8/h1-2,5-6,13-14H,3-4H2. The van der Waals surface area contributed by atoms with E-state index in [1.54, 1.807) is 12.1 Å². The van der Waals surface area contributed by atoms with Crippen molar-refractivity contribution >= 4 is 6.21 Å². The molecule has 2 N–H and O–H groups in total. The zero-order valence-electron chi connectivity index (χ0n) is 8.33. The number of aromatic nitrogens is 1. The number of nitrogens with zero attached hydrogens (tertiary/aromatic N) is 2. The Hall–Kier alpha value is -2.08. The maximum Gasteiger partial charge on any atom is 0.312 e. The third-order valence-corrected chi connectivity index (χ3v) is 1.81. The number of aliphatic hydroxyl groups is 1. The third-order valence-electron chi connectivity index (χ3n) is 1.81. The Morgan fingerprint density at radius 1 is 1.50 bits per heavy atom. The number of aromatic hydroxyl groups is 1. The Morgan fingerprint density at radius 3 is 3.06 bits per heavy atom. The highest BCUT2D eigenvalue weighted by Gasteiger charge is 2.13. The maximum atomic E-state index is 9.40. The second kappa shape index (κ2) is 4.63. The highest BCUT2D eigenvalue weighted by molar-refractivity contribution is 5.80. The van der Waals surface area contributed by atoms with Crippen molar-refractivity contribution in [1.82, 2.24) is 4.98 Å². The summed E-state index contributed by atoms with van der Waals surface area (Å²) >= 11 is 0. The van der Waals surface area contributed by atoms with Crippen molar-refractivity contribution in [2.24, 2.45) is 4.99 Å². The van der Waals surface area contributed by atoms with Crippen LogP contribution in [0.15, 0.2) is 32.2 Å². The lowest BCUT2D eigenvalue weighted by molar-refractivity contribution is 0.307. The lowest BCUT2D eigenvalue weighted by atomic mass is 10.4. The van der Waals surface area contributed by atoms with Gasteiger partial charge in [-0.2, -0.15) is 0 Å². The van der Waals surface area contributed by atoms with Gasteiger partial charge in [0, 0.05) is 0 Å². The van der Waals surface area contributed by atoms with E-state index in [0.29, 0.717) is 5.76 Å². The average Bonchev–Trinajstić information content (AvgIpc) is 2.88. The van der Waals surface area contributed by atoms with Gasteiger partial charge in [0.15, 0.2) is 11.5 Å². The molecule has 0 aliphatic carbocycles. The minimum atomic E-state index is -0.326. The molecule has 6 nitrogen and oxygen atoms in total. The lowest BCUT2D eigenvalue weighted by Crippen LogP contribution is -1.89. The van der Waals surface area contributed by atoms with Crippen molar-refractivity contribution in [1.29, 1.82) is 0 Å². The summed E-state index contributed by atoms with van der Waals surface area (Å²) in [5, 5.41) is 17.9. The van der Waals surface area contributed by atoms with E-state index in [1.807, 2.05) is 0 Å². The predicted octanol–water partition coefficient (Wildman–Crippen LogP) is 1.05.